The SMILES string of the molecule is CNS(=O)(=O)c1ccc(C(=O)N[C@@H]2C[C@@H](C)n3ccnc32)cn1. The molecule has 2 atom stereocenters. The number of hydrogen-bond acceptors (Lipinski definition) is 5. The molecule has 0 saturated heterocycles. The molecule has 0 radical (unpaired) electrons. The van der Waals surface area contributed by atoms with Crippen LogP contribution in [0.3, 0.4) is 0 Å². The number of carbonyl (C=O) groups is 1. The Bertz CT molecular complexity index is 828. The molecule has 0 fully saturated rings. The fourth-order valence-corrected chi connectivity index (χ4v) is 3.32. The predicted octanol–water partition coefficient (Wildman–Crippen LogP) is 0.622. The Morgan fingerprint density at radius 3 is 2.78 bits per heavy atom. The molecular formula is C14H17N5O3S. The highest BCUT2D eigenvalue weighted by Crippen LogP contribution is 2.32. The van der Waals surface area contributed by atoms with Gasteiger partial charge in [0.15, 0.2) is 5.03 Å². The van der Waals surface area contributed by atoms with Crippen LogP contribution in [0.1, 0.15) is 41.6 Å². The fourth-order valence-electron chi connectivity index (χ4n) is 2.67. The normalized spacial score (nSPS) is 20.3. The highest BCUT2D eigenvalue weighted by Gasteiger charge is 2.30. The number of fused-ring (bicyclic) bond motifs is 1. The molecule has 0 bridgehead atoms. The summed E-state index contributed by atoms with van der Waals surface area (Å²) in [5.74, 6) is 0.521. The number of amides is 1. The van der Waals surface area contributed by atoms with E-state index in [2.05, 4.69) is 26.9 Å². The van der Waals surface area contributed by atoms with Crippen molar-refractivity contribution in [3.63, 3.8) is 0 Å². The third kappa shape index (κ3) is 2.84. The number of nitrogens with one attached hydrogen (secondary N) is 2. The van der Waals surface area contributed by atoms with Crippen molar-refractivity contribution < 1.29 is 13.2 Å². The fraction of sp³-hybridized carbons (Fsp3) is 0.357. The van der Waals surface area contributed by atoms with E-state index in [0.29, 0.717) is 5.56 Å². The van der Waals surface area contributed by atoms with Crippen LogP contribution in [0.15, 0.2) is 35.7 Å². The minimum absolute atomic E-state index is 0.124. The largest absolute Gasteiger partial charge is 0.342 e. The van der Waals surface area contributed by atoms with Crippen molar-refractivity contribution in [2.45, 2.75) is 30.5 Å². The number of aromatic nitrogens is 3. The zero-order valence-electron chi connectivity index (χ0n) is 12.7. The predicted molar refractivity (Wildman–Crippen MR) is 82.2 cm³/mol. The van der Waals surface area contributed by atoms with Gasteiger partial charge in [-0.25, -0.2) is 23.1 Å². The average molecular weight is 335 g/mol. The Labute approximate surface area is 134 Å². The molecule has 3 rings (SSSR count). The minimum Gasteiger partial charge on any atom is -0.342 e. The molecule has 122 valence electrons. The molecule has 1 aliphatic heterocycles. The molecule has 0 aromatic carbocycles. The lowest BCUT2D eigenvalue weighted by molar-refractivity contribution is 0.0934. The van der Waals surface area contributed by atoms with E-state index in [1.807, 2.05) is 10.8 Å². The summed E-state index contributed by atoms with van der Waals surface area (Å²) in [6.07, 6.45) is 5.63. The standard InChI is InChI=1S/C14H17N5O3S/c1-9-7-11(13-16-5-6-19(9)13)18-14(20)10-3-4-12(17-8-10)23(21,22)15-2/h3-6,8-9,11,15H,7H2,1-2H3,(H,18,20)/t9-,11-/m1/s1. The summed E-state index contributed by atoms with van der Waals surface area (Å²) >= 11 is 0. The number of sulfonamides is 1. The number of nitrogens with zero attached hydrogens (tertiary/aromatic N) is 3. The maximum Gasteiger partial charge on any atom is 0.257 e. The topological polar surface area (TPSA) is 106 Å². The van der Waals surface area contributed by atoms with Gasteiger partial charge in [0.05, 0.1) is 11.6 Å². The summed E-state index contributed by atoms with van der Waals surface area (Å²) in [6.45, 7) is 2.07. The van der Waals surface area contributed by atoms with Gasteiger partial charge in [-0.1, -0.05) is 0 Å². The molecular weight excluding hydrogens is 318 g/mol. The second kappa shape index (κ2) is 5.74. The molecule has 9 heteroatoms. The van der Waals surface area contributed by atoms with E-state index < -0.39 is 10.0 Å². The van der Waals surface area contributed by atoms with Crippen molar-refractivity contribution in [2.24, 2.45) is 0 Å². The summed E-state index contributed by atoms with van der Waals surface area (Å²) in [4.78, 5) is 20.4. The molecule has 2 aromatic heterocycles. The highest BCUT2D eigenvalue weighted by atomic mass is 32.2. The van der Waals surface area contributed by atoms with Crippen molar-refractivity contribution in [2.75, 3.05) is 7.05 Å². The number of hydrogen-bond donors (Lipinski definition) is 2. The van der Waals surface area contributed by atoms with E-state index in [9.17, 15) is 13.2 Å². The van der Waals surface area contributed by atoms with Crippen LogP contribution >= 0.6 is 0 Å². The van der Waals surface area contributed by atoms with Crippen LogP contribution in [0.5, 0.6) is 0 Å². The van der Waals surface area contributed by atoms with Gasteiger partial charge in [-0.15, -0.1) is 0 Å². The van der Waals surface area contributed by atoms with E-state index in [4.69, 9.17) is 0 Å². The maximum absolute atomic E-state index is 12.3. The van der Waals surface area contributed by atoms with E-state index in [0.717, 1.165) is 12.2 Å². The Hall–Kier alpha value is -2.26. The van der Waals surface area contributed by atoms with Gasteiger partial charge >= 0.3 is 0 Å². The third-order valence-corrected chi connectivity index (χ3v) is 5.24. The zero-order chi connectivity index (χ0) is 16.6. The van der Waals surface area contributed by atoms with Crippen molar-refractivity contribution in [3.05, 3.63) is 42.1 Å². The number of rotatable bonds is 4. The molecule has 23 heavy (non-hydrogen) atoms. The first-order valence-corrected chi connectivity index (χ1v) is 8.64. The first-order chi connectivity index (χ1) is 10.9. The quantitative estimate of drug-likeness (QED) is 0.852. The van der Waals surface area contributed by atoms with Gasteiger partial charge in [-0.2, -0.15) is 0 Å². The van der Waals surface area contributed by atoms with Crippen LogP contribution in [-0.4, -0.2) is 35.9 Å². The molecule has 1 aliphatic rings. The van der Waals surface area contributed by atoms with Crippen molar-refractivity contribution in [1.29, 1.82) is 0 Å². The minimum atomic E-state index is -3.61. The molecule has 2 N–H and O–H groups in total. The number of imidazole rings is 1. The van der Waals surface area contributed by atoms with Gasteiger partial charge in [0.2, 0.25) is 0 Å². The second-order valence-electron chi connectivity index (χ2n) is 5.40. The van der Waals surface area contributed by atoms with E-state index in [-0.39, 0.29) is 23.0 Å². The van der Waals surface area contributed by atoms with Gasteiger partial charge in [0, 0.05) is 24.6 Å². The molecule has 0 saturated carbocycles. The van der Waals surface area contributed by atoms with E-state index in [1.54, 1.807) is 6.20 Å². The van der Waals surface area contributed by atoms with Crippen LogP contribution in [-0.2, 0) is 10.0 Å². The van der Waals surface area contributed by atoms with Crippen LogP contribution < -0.4 is 10.0 Å². The van der Waals surface area contributed by atoms with Crippen LogP contribution in [0.4, 0.5) is 0 Å². The Morgan fingerprint density at radius 1 is 1.35 bits per heavy atom. The van der Waals surface area contributed by atoms with Crippen LogP contribution in [0, 0.1) is 0 Å². The average Bonchev–Trinajstić information content (AvgIpc) is 3.13. The highest BCUT2D eigenvalue weighted by molar-refractivity contribution is 7.89. The number of pyridine rings is 1. The monoisotopic (exact) mass is 335 g/mol. The van der Waals surface area contributed by atoms with Gasteiger partial charge in [0.1, 0.15) is 5.82 Å². The summed E-state index contributed by atoms with van der Waals surface area (Å²) in [5.41, 5.74) is 0.303. The summed E-state index contributed by atoms with van der Waals surface area (Å²) in [5, 5.41) is 2.79. The summed E-state index contributed by atoms with van der Waals surface area (Å²) in [6, 6.07) is 2.86. The van der Waals surface area contributed by atoms with Gasteiger partial charge < -0.3 is 9.88 Å². The van der Waals surface area contributed by atoms with Gasteiger partial charge in [-0.3, -0.25) is 4.79 Å². The Balaban J connectivity index is 1.75. The molecule has 3 heterocycles. The van der Waals surface area contributed by atoms with Crippen molar-refractivity contribution in [3.8, 4) is 0 Å². The molecule has 0 spiro atoms. The number of carbonyl (C=O) groups excluding carboxylic acids is 1. The van der Waals surface area contributed by atoms with Crippen molar-refractivity contribution in [1.82, 2.24) is 24.6 Å². The van der Waals surface area contributed by atoms with Crippen molar-refractivity contribution >= 4 is 15.9 Å². The smallest absolute Gasteiger partial charge is 0.257 e. The lowest BCUT2D eigenvalue weighted by atomic mass is 10.1. The lowest BCUT2D eigenvalue weighted by Crippen LogP contribution is -2.28. The Morgan fingerprint density at radius 2 is 2.13 bits per heavy atom. The molecule has 0 aliphatic carbocycles. The maximum atomic E-state index is 12.3. The van der Waals surface area contributed by atoms with E-state index >= 15 is 0 Å². The van der Waals surface area contributed by atoms with Crippen LogP contribution in [0.2, 0.25) is 0 Å². The first kappa shape index (κ1) is 15.6. The molecule has 1 amide bonds. The Kier molecular flexibility index (Phi) is 3.90. The summed E-state index contributed by atoms with van der Waals surface area (Å²) in [7, 11) is -2.30. The van der Waals surface area contributed by atoms with Gasteiger partial charge in [0.25, 0.3) is 15.9 Å². The summed E-state index contributed by atoms with van der Waals surface area (Å²) < 4.78 is 27.4. The van der Waals surface area contributed by atoms with E-state index in [1.165, 1.54) is 25.4 Å². The van der Waals surface area contributed by atoms with Crippen LogP contribution in [0.25, 0.3) is 0 Å². The lowest BCUT2D eigenvalue weighted by Gasteiger charge is -2.11. The second-order valence-corrected chi connectivity index (χ2v) is 7.23. The molecule has 8 nitrogen and oxygen atoms in total. The molecule has 2 aromatic rings. The third-order valence-electron chi connectivity index (χ3n) is 3.91. The van der Waals surface area contributed by atoms with Gasteiger partial charge in [-0.05, 0) is 32.5 Å². The zero-order valence-corrected chi connectivity index (χ0v) is 13.5. The first-order valence-electron chi connectivity index (χ1n) is 7.15. The molecule has 0 unspecified atom stereocenters.